The molecule has 1 heteroatoms. The highest BCUT2D eigenvalue weighted by molar-refractivity contribution is 5.64. The van der Waals surface area contributed by atoms with Crippen LogP contribution in [0.1, 0.15) is 84.0 Å². The average Bonchev–Trinajstić information content (AvgIpc) is 2.43. The summed E-state index contributed by atoms with van der Waals surface area (Å²) in [7, 11) is 0. The summed E-state index contributed by atoms with van der Waals surface area (Å²) < 4.78 is 0. The second-order valence-corrected chi connectivity index (χ2v) is 5.23. The van der Waals surface area contributed by atoms with Crippen molar-refractivity contribution in [1.82, 2.24) is 0 Å². The molecule has 0 rings (SSSR count). The van der Waals surface area contributed by atoms with Crippen molar-refractivity contribution >= 4 is 6.29 Å². The largest absolute Gasteiger partial charge is 0.299 e. The van der Waals surface area contributed by atoms with Crippen LogP contribution in [0.2, 0.25) is 0 Å². The second kappa shape index (κ2) is 17.2. The highest BCUT2D eigenvalue weighted by Crippen LogP contribution is 2.09. The predicted octanol–water partition coefficient (Wildman–Crippen LogP) is 6.00. The van der Waals surface area contributed by atoms with Gasteiger partial charge in [-0.1, -0.05) is 63.7 Å². The van der Waals surface area contributed by atoms with Crippen LogP contribution in [0.5, 0.6) is 0 Å². The predicted molar refractivity (Wildman–Crippen MR) is 85.4 cm³/mol. The molecule has 1 nitrogen and oxygen atoms in total. The Kier molecular flexibility index (Phi) is 16.4. The van der Waals surface area contributed by atoms with Crippen LogP contribution in [0.4, 0.5) is 0 Å². The summed E-state index contributed by atoms with van der Waals surface area (Å²) in [5.74, 6) is 0. The minimum absolute atomic E-state index is 0.857. The Bertz CT molecular complexity index is 228. The summed E-state index contributed by atoms with van der Waals surface area (Å²) in [6.07, 6.45) is 24.7. The van der Waals surface area contributed by atoms with Crippen molar-refractivity contribution in [3.05, 3.63) is 24.3 Å². The molecule has 0 amide bonds. The zero-order valence-electron chi connectivity index (χ0n) is 12.8. The van der Waals surface area contributed by atoms with Gasteiger partial charge < -0.3 is 0 Å². The first-order valence-electron chi connectivity index (χ1n) is 8.17. The first-order valence-corrected chi connectivity index (χ1v) is 8.17. The number of aldehydes is 1. The molecular weight excluding hydrogens is 232 g/mol. The van der Waals surface area contributed by atoms with Crippen molar-refractivity contribution in [3.63, 3.8) is 0 Å². The molecule has 0 fully saturated rings. The first kappa shape index (κ1) is 18.1. The number of hydrogen-bond donors (Lipinski definition) is 0. The van der Waals surface area contributed by atoms with E-state index in [-0.39, 0.29) is 0 Å². The van der Waals surface area contributed by atoms with E-state index in [9.17, 15) is 4.79 Å². The minimum atomic E-state index is 0.857. The van der Waals surface area contributed by atoms with Crippen LogP contribution in [-0.4, -0.2) is 6.29 Å². The van der Waals surface area contributed by atoms with Gasteiger partial charge in [-0.3, -0.25) is 4.79 Å². The molecule has 0 saturated heterocycles. The minimum Gasteiger partial charge on any atom is -0.299 e. The molecule has 0 saturated carbocycles. The van der Waals surface area contributed by atoms with Crippen LogP contribution in [0, 0.1) is 0 Å². The Labute approximate surface area is 120 Å². The van der Waals surface area contributed by atoms with Crippen LogP contribution >= 0.6 is 0 Å². The van der Waals surface area contributed by atoms with E-state index in [1.807, 2.05) is 6.08 Å². The maximum absolute atomic E-state index is 10.0. The van der Waals surface area contributed by atoms with Gasteiger partial charge in [0.2, 0.25) is 0 Å². The van der Waals surface area contributed by atoms with E-state index in [1.165, 1.54) is 70.6 Å². The van der Waals surface area contributed by atoms with Crippen molar-refractivity contribution < 1.29 is 4.79 Å². The molecule has 0 aliphatic carbocycles. The zero-order valence-corrected chi connectivity index (χ0v) is 12.8. The van der Waals surface area contributed by atoms with Crippen molar-refractivity contribution in [3.8, 4) is 0 Å². The van der Waals surface area contributed by atoms with Crippen molar-refractivity contribution in [1.29, 1.82) is 0 Å². The van der Waals surface area contributed by atoms with Crippen molar-refractivity contribution in [2.24, 2.45) is 0 Å². The van der Waals surface area contributed by atoms with Crippen LogP contribution in [0.3, 0.4) is 0 Å². The Balaban J connectivity index is 3.06. The lowest BCUT2D eigenvalue weighted by atomic mass is 10.1. The lowest BCUT2D eigenvalue weighted by molar-refractivity contribution is -0.104. The smallest absolute Gasteiger partial charge is 0.142 e. The van der Waals surface area contributed by atoms with Crippen molar-refractivity contribution in [2.75, 3.05) is 0 Å². The molecule has 19 heavy (non-hydrogen) atoms. The Hall–Kier alpha value is -0.850. The van der Waals surface area contributed by atoms with Gasteiger partial charge in [0.25, 0.3) is 0 Å². The van der Waals surface area contributed by atoms with Crippen LogP contribution < -0.4 is 0 Å². The summed E-state index contributed by atoms with van der Waals surface area (Å²) in [6.45, 7) is 2.25. The van der Waals surface area contributed by atoms with E-state index in [4.69, 9.17) is 0 Å². The third-order valence-corrected chi connectivity index (χ3v) is 3.35. The van der Waals surface area contributed by atoms with Gasteiger partial charge in [-0.2, -0.15) is 0 Å². The SMILES string of the molecule is CCCCCC=CCCCCCCCCC=CC=O. The highest BCUT2D eigenvalue weighted by Gasteiger charge is 1.90. The molecule has 0 aromatic carbocycles. The standard InChI is InChI=1S/C18H32O/c1-2-3-4-5-6-7-8-9-10-11-12-13-14-15-16-17-18-19/h6-7,16-18H,2-5,8-15H2,1H3. The number of carbonyl (C=O) groups is 1. The molecule has 0 aromatic heterocycles. The highest BCUT2D eigenvalue weighted by atomic mass is 16.1. The topological polar surface area (TPSA) is 17.1 Å². The van der Waals surface area contributed by atoms with E-state index in [0.717, 1.165) is 12.7 Å². The quantitative estimate of drug-likeness (QED) is 0.163. The number of rotatable bonds is 14. The summed E-state index contributed by atoms with van der Waals surface area (Å²) in [5, 5.41) is 0. The lowest BCUT2D eigenvalue weighted by Gasteiger charge is -1.99. The van der Waals surface area contributed by atoms with Crippen LogP contribution in [0.25, 0.3) is 0 Å². The number of allylic oxidation sites excluding steroid dienone is 4. The van der Waals surface area contributed by atoms with Gasteiger partial charge in [0.15, 0.2) is 0 Å². The molecule has 0 spiro atoms. The van der Waals surface area contributed by atoms with E-state index >= 15 is 0 Å². The molecule has 0 atom stereocenters. The molecule has 0 radical (unpaired) electrons. The molecular formula is C18H32O. The number of carbonyl (C=O) groups excluding carboxylic acids is 1. The van der Waals surface area contributed by atoms with Crippen LogP contribution in [0.15, 0.2) is 24.3 Å². The molecule has 0 unspecified atom stereocenters. The summed E-state index contributed by atoms with van der Waals surface area (Å²) in [6, 6.07) is 0. The normalized spacial score (nSPS) is 11.6. The Morgan fingerprint density at radius 3 is 1.63 bits per heavy atom. The third kappa shape index (κ3) is 17.1. The van der Waals surface area contributed by atoms with Gasteiger partial charge in [-0.25, -0.2) is 0 Å². The Morgan fingerprint density at radius 1 is 0.632 bits per heavy atom. The van der Waals surface area contributed by atoms with Gasteiger partial charge in [0.05, 0.1) is 0 Å². The average molecular weight is 264 g/mol. The number of unbranched alkanes of at least 4 members (excludes halogenated alkanes) is 10. The maximum atomic E-state index is 10.0. The van der Waals surface area contributed by atoms with E-state index in [1.54, 1.807) is 6.08 Å². The van der Waals surface area contributed by atoms with Crippen LogP contribution in [-0.2, 0) is 4.79 Å². The third-order valence-electron chi connectivity index (χ3n) is 3.35. The maximum Gasteiger partial charge on any atom is 0.142 e. The zero-order chi connectivity index (χ0) is 14.0. The summed E-state index contributed by atoms with van der Waals surface area (Å²) >= 11 is 0. The van der Waals surface area contributed by atoms with Gasteiger partial charge in [0.1, 0.15) is 6.29 Å². The molecule has 0 aromatic rings. The van der Waals surface area contributed by atoms with Gasteiger partial charge in [-0.05, 0) is 44.6 Å². The molecule has 0 bridgehead atoms. The van der Waals surface area contributed by atoms with Crippen molar-refractivity contribution in [2.45, 2.75) is 84.0 Å². The van der Waals surface area contributed by atoms with Gasteiger partial charge in [-0.15, -0.1) is 0 Å². The first-order chi connectivity index (χ1) is 9.41. The second-order valence-electron chi connectivity index (χ2n) is 5.23. The lowest BCUT2D eigenvalue weighted by Crippen LogP contribution is -1.79. The molecule has 0 aliphatic rings. The van der Waals surface area contributed by atoms with E-state index < -0.39 is 0 Å². The molecule has 0 aliphatic heterocycles. The van der Waals surface area contributed by atoms with Gasteiger partial charge >= 0.3 is 0 Å². The molecule has 110 valence electrons. The van der Waals surface area contributed by atoms with Gasteiger partial charge in [0, 0.05) is 0 Å². The molecule has 0 heterocycles. The fourth-order valence-electron chi connectivity index (χ4n) is 2.13. The summed E-state index contributed by atoms with van der Waals surface area (Å²) in [4.78, 5) is 10.0. The number of hydrogen-bond acceptors (Lipinski definition) is 1. The van der Waals surface area contributed by atoms with E-state index in [0.29, 0.717) is 0 Å². The summed E-state index contributed by atoms with van der Waals surface area (Å²) in [5.41, 5.74) is 0. The fourth-order valence-corrected chi connectivity index (χ4v) is 2.13. The Morgan fingerprint density at radius 2 is 1.11 bits per heavy atom. The van der Waals surface area contributed by atoms with E-state index in [2.05, 4.69) is 19.1 Å². The monoisotopic (exact) mass is 264 g/mol. The fraction of sp³-hybridized carbons (Fsp3) is 0.722. The molecule has 0 N–H and O–H groups in total.